The Hall–Kier alpha value is -2.64. The van der Waals surface area contributed by atoms with E-state index in [1.54, 1.807) is 6.92 Å². The van der Waals surface area contributed by atoms with Crippen molar-refractivity contribution in [2.75, 3.05) is 24.5 Å². The maximum atomic E-state index is 13.7. The van der Waals surface area contributed by atoms with Gasteiger partial charge in [0.25, 0.3) is 10.0 Å². The second-order valence-corrected chi connectivity index (χ2v) is 10.9. The number of thiazole rings is 1. The van der Waals surface area contributed by atoms with E-state index in [9.17, 15) is 52.7 Å². The molecule has 38 heavy (non-hydrogen) atoms. The highest BCUT2D eigenvalue weighted by molar-refractivity contribution is 7.91. The standard InChI is InChI=1S/C19H16F9N3O5S2/c1-11-10-30(38(33,34)15-29-6-9-37-15)7-8-31(11)13-4-2-12(3-5-13)16(18(23,24)25,19(26,27)28)36-35-14(32)17(20,21)22/h2-6,9,11H,7-8,10H2,1H3/t11-/m0/s1. The fraction of sp³-hybridized carbons (Fsp3) is 0.474. The van der Waals surface area contributed by atoms with Gasteiger partial charge >= 0.3 is 30.1 Å². The molecule has 1 aliphatic heterocycles. The lowest BCUT2D eigenvalue weighted by Crippen LogP contribution is -2.56. The molecule has 0 radical (unpaired) electrons. The number of hydrogen-bond donors (Lipinski definition) is 0. The zero-order valence-corrected chi connectivity index (χ0v) is 20.4. The van der Waals surface area contributed by atoms with Gasteiger partial charge in [-0.3, -0.25) is 4.89 Å². The number of carbonyl (C=O) groups excluding carboxylic acids is 1. The van der Waals surface area contributed by atoms with E-state index in [1.807, 2.05) is 0 Å². The van der Waals surface area contributed by atoms with Crippen LogP contribution in [0, 0.1) is 0 Å². The normalized spacial score (nSPS) is 18.5. The molecule has 0 N–H and O–H groups in total. The quantitative estimate of drug-likeness (QED) is 0.276. The lowest BCUT2D eigenvalue weighted by Gasteiger charge is -2.40. The minimum absolute atomic E-state index is 0.00546. The molecule has 0 saturated carbocycles. The maximum absolute atomic E-state index is 13.7. The summed E-state index contributed by atoms with van der Waals surface area (Å²) in [6, 6.07) is 1.66. The third-order valence-electron chi connectivity index (χ3n) is 5.44. The van der Waals surface area contributed by atoms with Gasteiger partial charge in [0.05, 0.1) is 0 Å². The number of halogens is 9. The summed E-state index contributed by atoms with van der Waals surface area (Å²) in [5.74, 6) is -3.42. The van der Waals surface area contributed by atoms with Crippen LogP contribution in [0.5, 0.6) is 0 Å². The summed E-state index contributed by atoms with van der Waals surface area (Å²) < 4.78 is 146. The summed E-state index contributed by atoms with van der Waals surface area (Å²) in [5, 5.41) is 1.46. The first-order valence-corrected chi connectivity index (χ1v) is 12.5. The van der Waals surface area contributed by atoms with Gasteiger partial charge in [-0.1, -0.05) is 12.1 Å². The van der Waals surface area contributed by atoms with Crippen molar-refractivity contribution < 1.29 is 62.5 Å². The Labute approximate surface area is 212 Å². The number of piperazine rings is 1. The molecule has 1 fully saturated rings. The zero-order valence-electron chi connectivity index (χ0n) is 18.8. The van der Waals surface area contributed by atoms with Crippen molar-refractivity contribution in [1.29, 1.82) is 0 Å². The van der Waals surface area contributed by atoms with Crippen molar-refractivity contribution in [3.8, 4) is 0 Å². The largest absolute Gasteiger partial charge is 0.494 e. The molecule has 19 heteroatoms. The van der Waals surface area contributed by atoms with Crippen LogP contribution < -0.4 is 4.90 Å². The molecule has 1 aromatic heterocycles. The number of carbonyl (C=O) groups is 1. The van der Waals surface area contributed by atoms with Crippen molar-refractivity contribution in [3.05, 3.63) is 41.4 Å². The topological polar surface area (TPSA) is 89.0 Å². The highest BCUT2D eigenvalue weighted by Crippen LogP contribution is 2.53. The Balaban J connectivity index is 1.89. The van der Waals surface area contributed by atoms with Gasteiger partial charge in [-0.2, -0.15) is 48.7 Å². The lowest BCUT2D eigenvalue weighted by molar-refractivity contribution is -0.478. The van der Waals surface area contributed by atoms with Crippen molar-refractivity contribution >= 4 is 33.0 Å². The molecule has 0 spiro atoms. The second-order valence-electron chi connectivity index (χ2n) is 7.88. The van der Waals surface area contributed by atoms with E-state index in [0.717, 1.165) is 27.8 Å². The summed E-state index contributed by atoms with van der Waals surface area (Å²) in [5.41, 5.74) is -7.07. The zero-order chi connectivity index (χ0) is 28.7. The Morgan fingerprint density at radius 3 is 2.03 bits per heavy atom. The molecular weight excluding hydrogens is 585 g/mol. The molecule has 1 atom stereocenters. The summed E-state index contributed by atoms with van der Waals surface area (Å²) >= 11 is 0.893. The molecule has 2 aromatic rings. The minimum Gasteiger partial charge on any atom is -0.366 e. The fourth-order valence-electron chi connectivity index (χ4n) is 3.64. The lowest BCUT2D eigenvalue weighted by atomic mass is 9.92. The van der Waals surface area contributed by atoms with Gasteiger partial charge in [-0.05, 0) is 19.1 Å². The average Bonchev–Trinajstić information content (AvgIpc) is 3.33. The molecule has 1 aliphatic rings. The van der Waals surface area contributed by atoms with Gasteiger partial charge in [0.1, 0.15) is 0 Å². The van der Waals surface area contributed by atoms with Crippen LogP contribution in [-0.2, 0) is 30.2 Å². The third kappa shape index (κ3) is 5.55. The van der Waals surface area contributed by atoms with Gasteiger partial charge in [-0.15, -0.1) is 11.3 Å². The number of benzene rings is 1. The second kappa shape index (κ2) is 10.2. The smallest absolute Gasteiger partial charge is 0.366 e. The molecular formula is C19H16F9N3O5S2. The van der Waals surface area contributed by atoms with Gasteiger partial charge < -0.3 is 4.90 Å². The first-order chi connectivity index (χ1) is 17.3. The van der Waals surface area contributed by atoms with Crippen LogP contribution in [0.2, 0.25) is 0 Å². The predicted molar refractivity (Wildman–Crippen MR) is 111 cm³/mol. The SMILES string of the molecule is C[C@H]1CN(S(=O)(=O)c2nccs2)CCN1c1ccc(C(OOC(=O)C(F)(F)F)(C(F)(F)F)C(F)(F)F)cc1. The van der Waals surface area contributed by atoms with E-state index in [0.29, 0.717) is 12.1 Å². The predicted octanol–water partition coefficient (Wildman–Crippen LogP) is 4.40. The van der Waals surface area contributed by atoms with Gasteiger partial charge in [-0.25, -0.2) is 18.2 Å². The highest BCUT2D eigenvalue weighted by Gasteiger charge is 2.76. The van der Waals surface area contributed by atoms with Crippen LogP contribution in [0.4, 0.5) is 45.2 Å². The van der Waals surface area contributed by atoms with Crippen LogP contribution in [-0.4, -0.2) is 67.9 Å². The van der Waals surface area contributed by atoms with Crippen molar-refractivity contribution in [3.63, 3.8) is 0 Å². The Bertz CT molecular complexity index is 1220. The van der Waals surface area contributed by atoms with Crippen molar-refractivity contribution in [1.82, 2.24) is 9.29 Å². The maximum Gasteiger partial charge on any atom is 0.494 e. The minimum atomic E-state index is -6.41. The van der Waals surface area contributed by atoms with E-state index >= 15 is 0 Å². The summed E-state index contributed by atoms with van der Waals surface area (Å²) in [7, 11) is -3.91. The summed E-state index contributed by atoms with van der Waals surface area (Å²) in [6.07, 6.45) is -17.5. The molecule has 2 heterocycles. The molecule has 212 valence electrons. The molecule has 8 nitrogen and oxygen atoms in total. The molecule has 0 unspecified atom stereocenters. The highest BCUT2D eigenvalue weighted by atomic mass is 32.2. The average molecular weight is 601 g/mol. The molecule has 0 amide bonds. The van der Waals surface area contributed by atoms with Crippen LogP contribution in [0.15, 0.2) is 40.2 Å². The Morgan fingerprint density at radius 2 is 1.58 bits per heavy atom. The summed E-state index contributed by atoms with van der Waals surface area (Å²) in [6.45, 7) is 1.39. The van der Waals surface area contributed by atoms with Crippen molar-refractivity contribution in [2.24, 2.45) is 0 Å². The molecule has 1 aromatic carbocycles. The van der Waals surface area contributed by atoms with Crippen molar-refractivity contribution in [2.45, 2.75) is 41.4 Å². The summed E-state index contributed by atoms with van der Waals surface area (Å²) in [4.78, 5) is 22.2. The van der Waals surface area contributed by atoms with Crippen LogP contribution in [0.1, 0.15) is 12.5 Å². The van der Waals surface area contributed by atoms with E-state index < -0.39 is 51.7 Å². The molecule has 0 bridgehead atoms. The van der Waals surface area contributed by atoms with E-state index in [4.69, 9.17) is 0 Å². The number of nitrogens with zero attached hydrogens (tertiary/aromatic N) is 3. The number of aromatic nitrogens is 1. The van der Waals surface area contributed by atoms with E-state index in [1.165, 1.54) is 16.5 Å². The van der Waals surface area contributed by atoms with Crippen LogP contribution in [0.3, 0.4) is 0 Å². The number of hydrogen-bond acceptors (Lipinski definition) is 8. The van der Waals surface area contributed by atoms with Crippen LogP contribution in [0.25, 0.3) is 0 Å². The molecule has 0 aliphatic carbocycles. The number of sulfonamides is 1. The number of rotatable bonds is 6. The first-order valence-electron chi connectivity index (χ1n) is 10.2. The monoisotopic (exact) mass is 601 g/mol. The molecule has 3 rings (SSSR count). The van der Waals surface area contributed by atoms with E-state index in [-0.39, 0.29) is 29.7 Å². The Kier molecular flexibility index (Phi) is 7.99. The van der Waals surface area contributed by atoms with Crippen LogP contribution >= 0.6 is 11.3 Å². The number of alkyl halides is 9. The first kappa shape index (κ1) is 29.9. The van der Waals surface area contributed by atoms with Gasteiger partial charge in [0.15, 0.2) is 0 Å². The third-order valence-corrected chi connectivity index (χ3v) is 8.48. The fourth-order valence-corrected chi connectivity index (χ4v) is 6.12. The van der Waals surface area contributed by atoms with E-state index in [2.05, 4.69) is 14.8 Å². The number of anilines is 1. The van der Waals surface area contributed by atoms with Gasteiger partial charge in [0, 0.05) is 48.5 Å². The molecule has 1 saturated heterocycles. The Morgan fingerprint density at radius 1 is 1.00 bits per heavy atom. The van der Waals surface area contributed by atoms with Gasteiger partial charge in [0.2, 0.25) is 4.34 Å².